The Bertz CT molecular complexity index is 1290. The van der Waals surface area contributed by atoms with Crippen LogP contribution in [0.25, 0.3) is 26.5 Å². The normalized spacial score (nSPS) is 11.2. The molecule has 0 spiro atoms. The van der Waals surface area contributed by atoms with Crippen LogP contribution in [0.3, 0.4) is 0 Å². The molecule has 0 saturated heterocycles. The van der Waals surface area contributed by atoms with Crippen molar-refractivity contribution in [3.63, 3.8) is 0 Å². The van der Waals surface area contributed by atoms with Gasteiger partial charge in [0.05, 0.1) is 40.4 Å². The topological polar surface area (TPSA) is 120 Å². The van der Waals surface area contributed by atoms with Crippen molar-refractivity contribution < 1.29 is 9.59 Å². The summed E-state index contributed by atoms with van der Waals surface area (Å²) in [5.41, 5.74) is 9.61. The number of nitrogens with two attached hydrogens (primary N) is 1. The van der Waals surface area contributed by atoms with Crippen LogP contribution >= 0.6 is 22.9 Å². The molecule has 0 radical (unpaired) electrons. The minimum Gasteiger partial charge on any atom is -0.365 e. The maximum atomic E-state index is 12.2. The van der Waals surface area contributed by atoms with Gasteiger partial charge in [0.15, 0.2) is 0 Å². The molecule has 0 aromatic carbocycles. The Labute approximate surface area is 186 Å². The number of thiazole rings is 1. The van der Waals surface area contributed by atoms with Gasteiger partial charge in [-0.2, -0.15) is 10.2 Å². The second-order valence-electron chi connectivity index (χ2n) is 7.02. The number of fused-ring (bicyclic) bond motifs is 1. The largest absolute Gasteiger partial charge is 0.365 e. The first-order valence-electron chi connectivity index (χ1n) is 9.51. The highest BCUT2D eigenvalue weighted by molar-refractivity contribution is 7.21. The number of nitrogens with one attached hydrogen (secondary N) is 1. The average Bonchev–Trinajstić information content (AvgIpc) is 3.42. The number of anilines is 1. The number of rotatable bonds is 7. The predicted molar refractivity (Wildman–Crippen MR) is 120 cm³/mol. The molecule has 0 aliphatic rings. The van der Waals surface area contributed by atoms with Crippen LogP contribution in [0.15, 0.2) is 30.9 Å². The zero-order chi connectivity index (χ0) is 22.1. The van der Waals surface area contributed by atoms with Gasteiger partial charge in [-0.15, -0.1) is 22.9 Å². The SMILES string of the molecule is Cc1ncc(NC(=O)CCCCl)cc1-c1c(-c2cnn(C)c2)sc2c(C(N)=O)cnn12. The number of pyridine rings is 1. The third kappa shape index (κ3) is 4.04. The van der Waals surface area contributed by atoms with Crippen LogP contribution in [-0.2, 0) is 11.8 Å². The summed E-state index contributed by atoms with van der Waals surface area (Å²) >= 11 is 7.08. The molecule has 0 atom stereocenters. The van der Waals surface area contributed by atoms with Crippen molar-refractivity contribution in [1.82, 2.24) is 24.4 Å². The fourth-order valence-corrected chi connectivity index (χ4v) is 4.60. The van der Waals surface area contributed by atoms with Crippen LogP contribution < -0.4 is 11.1 Å². The molecule has 4 rings (SSSR count). The molecule has 0 aliphatic carbocycles. The lowest BCUT2D eigenvalue weighted by atomic mass is 10.1. The van der Waals surface area contributed by atoms with Crippen LogP contribution in [0.4, 0.5) is 5.69 Å². The van der Waals surface area contributed by atoms with Gasteiger partial charge in [0.25, 0.3) is 5.91 Å². The van der Waals surface area contributed by atoms with Gasteiger partial charge in [-0.25, -0.2) is 4.52 Å². The van der Waals surface area contributed by atoms with E-state index in [4.69, 9.17) is 17.3 Å². The Balaban J connectivity index is 1.87. The number of aryl methyl sites for hydroxylation is 2. The summed E-state index contributed by atoms with van der Waals surface area (Å²) < 4.78 is 3.39. The summed E-state index contributed by atoms with van der Waals surface area (Å²) in [6, 6.07) is 1.86. The van der Waals surface area contributed by atoms with Gasteiger partial charge >= 0.3 is 0 Å². The molecule has 0 unspecified atom stereocenters. The van der Waals surface area contributed by atoms with Gasteiger partial charge in [-0.3, -0.25) is 19.3 Å². The van der Waals surface area contributed by atoms with Crippen LogP contribution in [0.5, 0.6) is 0 Å². The van der Waals surface area contributed by atoms with Crippen LogP contribution in [0, 0.1) is 6.92 Å². The average molecular weight is 458 g/mol. The Hall–Kier alpha value is -3.24. The maximum Gasteiger partial charge on any atom is 0.253 e. The molecule has 4 aromatic rings. The van der Waals surface area contributed by atoms with E-state index >= 15 is 0 Å². The van der Waals surface area contributed by atoms with E-state index in [0.717, 1.165) is 27.4 Å². The zero-order valence-electron chi connectivity index (χ0n) is 16.9. The number of halogens is 1. The minimum absolute atomic E-state index is 0.129. The number of nitrogens with zero attached hydrogens (tertiary/aromatic N) is 5. The number of hydrogen-bond acceptors (Lipinski definition) is 6. The van der Waals surface area contributed by atoms with E-state index in [1.165, 1.54) is 17.5 Å². The number of aromatic nitrogens is 5. The first-order valence-corrected chi connectivity index (χ1v) is 10.9. The number of amides is 2. The Kier molecular flexibility index (Phi) is 5.75. The Morgan fingerprint density at radius 3 is 2.74 bits per heavy atom. The molecule has 31 heavy (non-hydrogen) atoms. The number of carbonyl (C=O) groups is 2. The van der Waals surface area contributed by atoms with Gasteiger partial charge in [0.2, 0.25) is 5.91 Å². The van der Waals surface area contributed by atoms with E-state index < -0.39 is 5.91 Å². The molecule has 160 valence electrons. The Morgan fingerprint density at radius 1 is 1.26 bits per heavy atom. The number of primary amides is 1. The van der Waals surface area contributed by atoms with Crippen LogP contribution in [-0.4, -0.2) is 42.1 Å². The van der Waals surface area contributed by atoms with Crippen molar-refractivity contribution >= 4 is 45.3 Å². The van der Waals surface area contributed by atoms with Crippen molar-refractivity contribution in [2.24, 2.45) is 12.8 Å². The number of hydrogen-bond donors (Lipinski definition) is 2. The van der Waals surface area contributed by atoms with Crippen LogP contribution in [0.1, 0.15) is 28.9 Å². The van der Waals surface area contributed by atoms with Crippen molar-refractivity contribution in [3.8, 4) is 21.7 Å². The lowest BCUT2D eigenvalue weighted by molar-refractivity contribution is -0.116. The van der Waals surface area contributed by atoms with Crippen molar-refractivity contribution in [2.75, 3.05) is 11.2 Å². The number of alkyl halides is 1. The monoisotopic (exact) mass is 457 g/mol. The zero-order valence-corrected chi connectivity index (χ0v) is 18.5. The highest BCUT2D eigenvalue weighted by Crippen LogP contribution is 2.41. The second-order valence-corrected chi connectivity index (χ2v) is 8.40. The molecule has 3 N–H and O–H groups in total. The minimum atomic E-state index is -0.546. The highest BCUT2D eigenvalue weighted by Gasteiger charge is 2.23. The smallest absolute Gasteiger partial charge is 0.253 e. The first kappa shape index (κ1) is 21.0. The van der Waals surface area contributed by atoms with E-state index in [0.29, 0.717) is 34.8 Å². The van der Waals surface area contributed by atoms with Crippen molar-refractivity contribution in [1.29, 1.82) is 0 Å². The summed E-state index contributed by atoms with van der Waals surface area (Å²) in [6.07, 6.45) is 7.64. The number of carbonyl (C=O) groups excluding carboxylic acids is 2. The summed E-state index contributed by atoms with van der Waals surface area (Å²) in [5.74, 6) is -0.251. The third-order valence-corrected chi connectivity index (χ3v) is 6.23. The molecule has 4 heterocycles. The molecule has 9 nitrogen and oxygen atoms in total. The lowest BCUT2D eigenvalue weighted by Crippen LogP contribution is -2.12. The van der Waals surface area contributed by atoms with E-state index in [9.17, 15) is 9.59 Å². The van der Waals surface area contributed by atoms with Gasteiger partial charge in [-0.05, 0) is 19.4 Å². The Morgan fingerprint density at radius 2 is 2.06 bits per heavy atom. The molecule has 4 aromatic heterocycles. The molecular weight excluding hydrogens is 438 g/mol. The summed E-state index contributed by atoms with van der Waals surface area (Å²) in [7, 11) is 1.83. The molecule has 11 heteroatoms. The van der Waals surface area contributed by atoms with E-state index in [2.05, 4.69) is 20.5 Å². The molecule has 0 saturated carbocycles. The standard InChI is InChI=1S/C20H20ClN7O2S/c1-11-14(6-13(8-23-11)26-16(29)4-3-5-21)17-18(12-7-24-27(2)10-12)31-20-15(19(22)30)9-25-28(17)20/h6-10H,3-5H2,1-2H3,(H2,22,30)(H,26,29). The van der Waals surface area contributed by atoms with Gasteiger partial charge in [-0.1, -0.05) is 0 Å². The van der Waals surface area contributed by atoms with Gasteiger partial charge < -0.3 is 11.1 Å². The second kappa shape index (κ2) is 8.48. The third-order valence-electron chi connectivity index (χ3n) is 4.75. The highest BCUT2D eigenvalue weighted by atomic mass is 35.5. The van der Waals surface area contributed by atoms with Gasteiger partial charge in [0.1, 0.15) is 4.83 Å². The molecule has 0 aliphatic heterocycles. The maximum absolute atomic E-state index is 12.2. The first-order chi connectivity index (χ1) is 14.9. The molecule has 0 bridgehead atoms. The quantitative estimate of drug-likeness (QED) is 0.413. The predicted octanol–water partition coefficient (Wildman–Crippen LogP) is 3.22. The van der Waals surface area contributed by atoms with Gasteiger partial charge in [0, 0.05) is 42.4 Å². The molecule has 0 fully saturated rings. The van der Waals surface area contributed by atoms with E-state index in [1.54, 1.807) is 21.6 Å². The molecule has 2 amide bonds. The van der Waals surface area contributed by atoms with Crippen LogP contribution in [0.2, 0.25) is 0 Å². The van der Waals surface area contributed by atoms with E-state index in [-0.39, 0.29) is 5.91 Å². The van der Waals surface area contributed by atoms with Crippen molar-refractivity contribution in [3.05, 3.63) is 42.1 Å². The fourth-order valence-electron chi connectivity index (χ4n) is 3.27. The molecular formula is C20H20ClN7O2S. The fraction of sp³-hybridized carbons (Fsp3) is 0.250. The summed E-state index contributed by atoms with van der Waals surface area (Å²) in [4.78, 5) is 30.0. The van der Waals surface area contributed by atoms with E-state index in [1.807, 2.05) is 26.2 Å². The lowest BCUT2D eigenvalue weighted by Gasteiger charge is -2.10. The summed E-state index contributed by atoms with van der Waals surface area (Å²) in [6.45, 7) is 1.88. The summed E-state index contributed by atoms with van der Waals surface area (Å²) in [5, 5.41) is 11.5. The van der Waals surface area contributed by atoms with Crippen molar-refractivity contribution in [2.45, 2.75) is 19.8 Å².